The van der Waals surface area contributed by atoms with Crippen LogP contribution in [0, 0.1) is 13.8 Å². The maximum atomic E-state index is 12.8. The van der Waals surface area contributed by atoms with E-state index in [1.54, 1.807) is 6.08 Å². The molecule has 31 heavy (non-hydrogen) atoms. The number of hydrogen-bond acceptors (Lipinski definition) is 4. The number of aromatic nitrogens is 1. The highest BCUT2D eigenvalue weighted by Crippen LogP contribution is 2.35. The summed E-state index contributed by atoms with van der Waals surface area (Å²) in [6, 6.07) is 6.75. The number of amides is 1. The fourth-order valence-corrected chi connectivity index (χ4v) is 4.65. The van der Waals surface area contributed by atoms with Crippen LogP contribution in [-0.2, 0) is 15.8 Å². The molecule has 0 bridgehead atoms. The molecular weight excluding hydrogens is 449 g/mol. The third kappa shape index (κ3) is 5.01. The van der Waals surface area contributed by atoms with E-state index >= 15 is 0 Å². The molecule has 1 aromatic carbocycles. The third-order valence-electron chi connectivity index (χ3n) is 4.86. The molecule has 0 unspecified atom stereocenters. The lowest BCUT2D eigenvalue weighted by Crippen LogP contribution is -2.29. The van der Waals surface area contributed by atoms with Crippen molar-refractivity contribution in [2.75, 3.05) is 6.54 Å². The highest BCUT2D eigenvalue weighted by atomic mass is 32.2. The van der Waals surface area contributed by atoms with Gasteiger partial charge in [-0.2, -0.15) is 13.2 Å². The molecule has 2 heterocycles. The number of thioether (sulfide) groups is 1. The van der Waals surface area contributed by atoms with Crippen LogP contribution in [0.4, 0.5) is 13.2 Å². The summed E-state index contributed by atoms with van der Waals surface area (Å²) in [5.41, 5.74) is 2.20. The quantitative estimate of drug-likeness (QED) is 0.468. The first kappa shape index (κ1) is 23.1. The molecular formula is C21H19F3N2O3S2. The van der Waals surface area contributed by atoms with E-state index in [1.807, 2.05) is 24.5 Å². The Labute approximate surface area is 186 Å². The predicted molar refractivity (Wildman–Crippen MR) is 117 cm³/mol. The highest BCUT2D eigenvalue weighted by molar-refractivity contribution is 8.26. The second-order valence-electron chi connectivity index (χ2n) is 7.04. The van der Waals surface area contributed by atoms with Crippen molar-refractivity contribution in [3.8, 4) is 5.69 Å². The maximum absolute atomic E-state index is 12.8. The Morgan fingerprint density at radius 3 is 2.45 bits per heavy atom. The summed E-state index contributed by atoms with van der Waals surface area (Å²) < 4.78 is 40.7. The van der Waals surface area contributed by atoms with Crippen LogP contribution >= 0.6 is 24.0 Å². The first-order valence-corrected chi connectivity index (χ1v) is 10.5. The van der Waals surface area contributed by atoms with E-state index in [-0.39, 0.29) is 18.9 Å². The van der Waals surface area contributed by atoms with Crippen molar-refractivity contribution in [2.45, 2.75) is 32.9 Å². The minimum atomic E-state index is -4.40. The topological polar surface area (TPSA) is 62.5 Å². The number of aliphatic carboxylic acids is 1. The number of thiocarbonyl (C=S) groups is 1. The molecule has 0 radical (unpaired) electrons. The lowest BCUT2D eigenvalue weighted by atomic mass is 10.2. The molecule has 1 aliphatic heterocycles. The number of rotatable bonds is 6. The fourth-order valence-electron chi connectivity index (χ4n) is 3.35. The van der Waals surface area contributed by atoms with Crippen LogP contribution in [-0.4, -0.2) is 37.3 Å². The molecule has 0 aliphatic carbocycles. The monoisotopic (exact) mass is 468 g/mol. The van der Waals surface area contributed by atoms with Crippen molar-refractivity contribution in [1.82, 2.24) is 9.47 Å². The zero-order valence-corrected chi connectivity index (χ0v) is 18.3. The lowest BCUT2D eigenvalue weighted by molar-refractivity contribution is -0.138. The number of benzene rings is 1. The van der Waals surface area contributed by atoms with E-state index in [1.165, 1.54) is 17.0 Å². The van der Waals surface area contributed by atoms with E-state index in [4.69, 9.17) is 17.3 Å². The van der Waals surface area contributed by atoms with Gasteiger partial charge in [0.2, 0.25) is 0 Å². The molecule has 5 nitrogen and oxygen atoms in total. The minimum Gasteiger partial charge on any atom is -0.481 e. The van der Waals surface area contributed by atoms with Gasteiger partial charge in [0.05, 0.1) is 10.5 Å². The number of nitrogens with zero attached hydrogens (tertiary/aromatic N) is 2. The Balaban J connectivity index is 1.85. The molecule has 3 rings (SSSR count). The number of carboxylic acid groups (broad SMARTS) is 1. The van der Waals surface area contributed by atoms with E-state index in [0.29, 0.717) is 21.3 Å². The molecule has 0 saturated carbocycles. The van der Waals surface area contributed by atoms with Crippen molar-refractivity contribution in [3.05, 3.63) is 57.8 Å². The SMILES string of the molecule is Cc1cc(/C=C2/SC(=S)N(CCCC(=O)O)C2=O)c(C)n1-c1ccc(C(F)(F)F)cc1. The van der Waals surface area contributed by atoms with E-state index in [9.17, 15) is 22.8 Å². The smallest absolute Gasteiger partial charge is 0.416 e. The van der Waals surface area contributed by atoms with Crippen LogP contribution in [0.2, 0.25) is 0 Å². The van der Waals surface area contributed by atoms with Crippen molar-refractivity contribution < 1.29 is 27.9 Å². The van der Waals surface area contributed by atoms with Crippen LogP contribution in [0.25, 0.3) is 11.8 Å². The van der Waals surface area contributed by atoms with Gasteiger partial charge in [-0.05, 0) is 62.2 Å². The van der Waals surface area contributed by atoms with Gasteiger partial charge in [-0.1, -0.05) is 24.0 Å². The molecule has 1 amide bonds. The first-order valence-electron chi connectivity index (χ1n) is 9.33. The number of carbonyl (C=O) groups is 2. The maximum Gasteiger partial charge on any atom is 0.416 e. The fraction of sp³-hybridized carbons (Fsp3) is 0.286. The summed E-state index contributed by atoms with van der Waals surface area (Å²) in [6.45, 7) is 3.89. The number of alkyl halides is 3. The van der Waals surface area contributed by atoms with Crippen LogP contribution in [0.15, 0.2) is 35.2 Å². The van der Waals surface area contributed by atoms with Crippen LogP contribution in [0.1, 0.15) is 35.4 Å². The first-order chi connectivity index (χ1) is 14.5. The van der Waals surface area contributed by atoms with Crippen LogP contribution in [0.3, 0.4) is 0 Å². The van der Waals surface area contributed by atoms with Gasteiger partial charge in [0, 0.05) is 30.0 Å². The Morgan fingerprint density at radius 1 is 1.23 bits per heavy atom. The molecule has 0 atom stereocenters. The van der Waals surface area contributed by atoms with Gasteiger partial charge in [-0.15, -0.1) is 0 Å². The Bertz CT molecular complexity index is 1070. The minimum absolute atomic E-state index is 0.0512. The lowest BCUT2D eigenvalue weighted by Gasteiger charge is -2.13. The van der Waals surface area contributed by atoms with Gasteiger partial charge in [0.15, 0.2) is 0 Å². The summed E-state index contributed by atoms with van der Waals surface area (Å²) >= 11 is 6.40. The highest BCUT2D eigenvalue weighted by Gasteiger charge is 2.32. The number of halogens is 3. The number of carbonyl (C=O) groups excluding carboxylic acids is 1. The third-order valence-corrected chi connectivity index (χ3v) is 6.23. The zero-order valence-electron chi connectivity index (χ0n) is 16.7. The normalized spacial score (nSPS) is 15.9. The summed E-state index contributed by atoms with van der Waals surface area (Å²) in [6.07, 6.45) is -2.44. The number of hydrogen-bond donors (Lipinski definition) is 1. The van der Waals surface area contributed by atoms with Crippen molar-refractivity contribution in [1.29, 1.82) is 0 Å². The van der Waals surface area contributed by atoms with E-state index < -0.39 is 17.7 Å². The summed E-state index contributed by atoms with van der Waals surface area (Å²) in [7, 11) is 0. The van der Waals surface area contributed by atoms with Gasteiger partial charge in [-0.3, -0.25) is 14.5 Å². The van der Waals surface area contributed by atoms with Crippen molar-refractivity contribution >= 4 is 46.3 Å². The zero-order chi connectivity index (χ0) is 22.9. The predicted octanol–water partition coefficient (Wildman–Crippen LogP) is 5.18. The van der Waals surface area contributed by atoms with Gasteiger partial charge >= 0.3 is 12.1 Å². The van der Waals surface area contributed by atoms with Crippen LogP contribution < -0.4 is 0 Å². The van der Waals surface area contributed by atoms with Gasteiger partial charge in [-0.25, -0.2) is 0 Å². The van der Waals surface area contributed by atoms with E-state index in [0.717, 1.165) is 40.8 Å². The summed E-state index contributed by atoms with van der Waals surface area (Å²) in [4.78, 5) is 25.2. The number of aryl methyl sites for hydroxylation is 1. The second-order valence-corrected chi connectivity index (χ2v) is 8.71. The molecule has 1 aliphatic rings. The average molecular weight is 469 g/mol. The standard InChI is InChI=1S/C21H19F3N2O3S2/c1-12-10-14(11-17-19(29)25(20(30)31-17)9-3-4-18(27)28)13(2)26(12)16-7-5-15(6-8-16)21(22,23)24/h5-8,10-11H,3-4,9H2,1-2H3,(H,27,28)/b17-11+. The molecule has 1 aromatic heterocycles. The molecule has 164 valence electrons. The summed E-state index contributed by atoms with van der Waals surface area (Å²) in [5.74, 6) is -1.21. The molecule has 1 fully saturated rings. The molecule has 2 aromatic rings. The van der Waals surface area contributed by atoms with Crippen molar-refractivity contribution in [3.63, 3.8) is 0 Å². The molecule has 0 spiro atoms. The Hall–Kier alpha value is -2.59. The van der Waals surface area contributed by atoms with Crippen LogP contribution in [0.5, 0.6) is 0 Å². The Morgan fingerprint density at radius 2 is 1.87 bits per heavy atom. The van der Waals surface area contributed by atoms with Gasteiger partial charge in [0.25, 0.3) is 5.91 Å². The van der Waals surface area contributed by atoms with E-state index in [2.05, 4.69) is 0 Å². The van der Waals surface area contributed by atoms with Gasteiger partial charge in [0.1, 0.15) is 4.32 Å². The summed E-state index contributed by atoms with van der Waals surface area (Å²) in [5, 5.41) is 8.76. The average Bonchev–Trinajstić information content (AvgIpc) is 3.10. The molecule has 10 heteroatoms. The molecule has 1 saturated heterocycles. The van der Waals surface area contributed by atoms with Crippen molar-refractivity contribution in [2.24, 2.45) is 0 Å². The Kier molecular flexibility index (Phi) is 6.61. The second kappa shape index (κ2) is 8.88. The largest absolute Gasteiger partial charge is 0.481 e. The number of carboxylic acids is 1. The molecule has 1 N–H and O–H groups in total. The van der Waals surface area contributed by atoms with Gasteiger partial charge < -0.3 is 9.67 Å².